The minimum absolute atomic E-state index is 0.203. The zero-order valence-corrected chi connectivity index (χ0v) is 14.4. The summed E-state index contributed by atoms with van der Waals surface area (Å²) in [7, 11) is 0. The van der Waals surface area contributed by atoms with Gasteiger partial charge in [-0.1, -0.05) is 0 Å². The monoisotopic (exact) mass is 358 g/mol. The van der Waals surface area contributed by atoms with E-state index in [2.05, 4.69) is 0 Å². The third-order valence-electron chi connectivity index (χ3n) is 6.76. The molecule has 0 N–H and O–H groups in total. The van der Waals surface area contributed by atoms with Gasteiger partial charge < -0.3 is 9.80 Å². The Hall–Kier alpha value is -1.27. The summed E-state index contributed by atoms with van der Waals surface area (Å²) in [4.78, 5) is 28.0. The summed E-state index contributed by atoms with van der Waals surface area (Å²) in [5.74, 6) is 1.38. The number of alkyl halides is 3. The van der Waals surface area contributed by atoms with Gasteiger partial charge in [-0.3, -0.25) is 9.59 Å². The van der Waals surface area contributed by atoms with Crippen molar-refractivity contribution in [3.05, 3.63) is 0 Å². The van der Waals surface area contributed by atoms with Gasteiger partial charge in [-0.15, -0.1) is 0 Å². The van der Waals surface area contributed by atoms with E-state index in [-0.39, 0.29) is 24.4 Å². The van der Waals surface area contributed by atoms with E-state index in [1.54, 1.807) is 0 Å². The minimum atomic E-state index is -4.47. The molecule has 0 aromatic rings. The second kappa shape index (κ2) is 5.88. The molecule has 0 aromatic carbocycles. The molecule has 1 saturated heterocycles. The van der Waals surface area contributed by atoms with Gasteiger partial charge in [0.25, 0.3) is 0 Å². The molecular weight excluding hydrogens is 333 g/mol. The maximum Gasteiger partial charge on any atom is 0.397 e. The van der Waals surface area contributed by atoms with E-state index in [0.717, 1.165) is 19.3 Å². The molecule has 0 atom stereocenters. The Labute approximate surface area is 145 Å². The predicted molar refractivity (Wildman–Crippen MR) is 84.4 cm³/mol. The molecule has 1 aliphatic heterocycles. The first-order valence-corrected chi connectivity index (χ1v) is 9.38. The van der Waals surface area contributed by atoms with Crippen LogP contribution in [0.1, 0.15) is 44.9 Å². The van der Waals surface area contributed by atoms with E-state index < -0.39 is 18.5 Å². The number of carbonyl (C=O) groups excluding carboxylic acids is 2. The van der Waals surface area contributed by atoms with Gasteiger partial charge in [0.2, 0.25) is 11.8 Å². The van der Waals surface area contributed by atoms with Gasteiger partial charge in [-0.25, -0.2) is 0 Å². The lowest BCUT2D eigenvalue weighted by Crippen LogP contribution is -2.58. The van der Waals surface area contributed by atoms with Crippen molar-refractivity contribution in [3.8, 4) is 0 Å². The number of rotatable bonds is 2. The molecule has 1 heterocycles. The largest absolute Gasteiger partial charge is 0.397 e. The lowest BCUT2D eigenvalue weighted by molar-refractivity contribution is -0.167. The molecule has 2 amide bonds. The van der Waals surface area contributed by atoms with Crippen LogP contribution in [0.25, 0.3) is 0 Å². The molecule has 4 nitrogen and oxygen atoms in total. The van der Waals surface area contributed by atoms with E-state index in [0.29, 0.717) is 30.8 Å². The van der Waals surface area contributed by atoms with Crippen LogP contribution in [0.4, 0.5) is 13.2 Å². The fraction of sp³-hybridized carbons (Fsp3) is 0.889. The minimum Gasteiger partial charge on any atom is -0.339 e. The summed E-state index contributed by atoms with van der Waals surface area (Å²) in [5.41, 5.74) is -0.215. The molecule has 5 aliphatic rings. The average molecular weight is 358 g/mol. The van der Waals surface area contributed by atoms with E-state index in [4.69, 9.17) is 0 Å². The molecule has 4 saturated carbocycles. The van der Waals surface area contributed by atoms with Crippen molar-refractivity contribution < 1.29 is 22.8 Å². The number of piperazine rings is 1. The molecule has 25 heavy (non-hydrogen) atoms. The van der Waals surface area contributed by atoms with E-state index in [1.807, 2.05) is 4.90 Å². The normalized spacial score (nSPS) is 37.5. The number of nitrogens with zero attached hydrogens (tertiary/aromatic N) is 2. The van der Waals surface area contributed by atoms with Gasteiger partial charge in [0.05, 0.1) is 5.41 Å². The number of halogens is 3. The van der Waals surface area contributed by atoms with Gasteiger partial charge >= 0.3 is 6.18 Å². The molecule has 0 unspecified atom stereocenters. The highest BCUT2D eigenvalue weighted by Crippen LogP contribution is 2.60. The fourth-order valence-corrected chi connectivity index (χ4v) is 6.15. The second-order valence-corrected chi connectivity index (χ2v) is 8.66. The topological polar surface area (TPSA) is 40.6 Å². The maximum atomic E-state index is 13.2. The first-order valence-electron chi connectivity index (χ1n) is 9.38. The van der Waals surface area contributed by atoms with Crippen LogP contribution in [0, 0.1) is 23.2 Å². The number of hydrogen-bond acceptors (Lipinski definition) is 2. The highest BCUT2D eigenvalue weighted by molar-refractivity contribution is 5.84. The van der Waals surface area contributed by atoms with Crippen molar-refractivity contribution in [2.45, 2.75) is 51.1 Å². The van der Waals surface area contributed by atoms with Crippen LogP contribution < -0.4 is 0 Å². The van der Waals surface area contributed by atoms with Crippen LogP contribution in [0.2, 0.25) is 0 Å². The Bertz CT molecular complexity index is 532. The predicted octanol–water partition coefficient (Wildman–Crippen LogP) is 2.83. The van der Waals surface area contributed by atoms with Gasteiger partial charge in [-0.05, 0) is 56.3 Å². The average Bonchev–Trinajstić information content (AvgIpc) is 2.51. The lowest BCUT2D eigenvalue weighted by atomic mass is 9.49. The number of carbonyl (C=O) groups is 2. The standard InChI is InChI=1S/C18H25F3N2O2/c19-18(20,21)11-15(24)22-1-3-23(4-2-22)16(25)17-8-12-5-13(9-17)7-14(6-12)10-17/h12-14H,1-11H2. The van der Waals surface area contributed by atoms with Crippen LogP contribution in [-0.4, -0.2) is 54.0 Å². The van der Waals surface area contributed by atoms with Crippen LogP contribution in [0.5, 0.6) is 0 Å². The first kappa shape index (κ1) is 17.2. The van der Waals surface area contributed by atoms with Gasteiger partial charge in [0.15, 0.2) is 0 Å². The number of hydrogen-bond donors (Lipinski definition) is 0. The third kappa shape index (κ3) is 3.26. The SMILES string of the molecule is O=C(CC(F)(F)F)N1CCN(C(=O)C23CC4CC(CC(C4)C2)C3)CC1. The molecule has 5 fully saturated rings. The van der Waals surface area contributed by atoms with Gasteiger partial charge in [0, 0.05) is 26.2 Å². The zero-order chi connectivity index (χ0) is 17.8. The molecule has 4 aliphatic carbocycles. The van der Waals surface area contributed by atoms with Crippen LogP contribution in [0.15, 0.2) is 0 Å². The molecule has 140 valence electrons. The molecule has 5 rings (SSSR count). The van der Waals surface area contributed by atoms with Crippen molar-refractivity contribution in [1.29, 1.82) is 0 Å². The Balaban J connectivity index is 1.37. The second-order valence-electron chi connectivity index (χ2n) is 8.66. The van der Waals surface area contributed by atoms with Crippen molar-refractivity contribution in [2.75, 3.05) is 26.2 Å². The molecule has 0 aromatic heterocycles. The van der Waals surface area contributed by atoms with Gasteiger partial charge in [-0.2, -0.15) is 13.2 Å². The smallest absolute Gasteiger partial charge is 0.339 e. The van der Waals surface area contributed by atoms with Crippen molar-refractivity contribution in [2.24, 2.45) is 23.2 Å². The quantitative estimate of drug-likeness (QED) is 0.762. The number of amides is 2. The zero-order valence-electron chi connectivity index (χ0n) is 14.4. The maximum absolute atomic E-state index is 13.2. The Morgan fingerprint density at radius 3 is 1.72 bits per heavy atom. The molecule has 4 bridgehead atoms. The van der Waals surface area contributed by atoms with Gasteiger partial charge in [0.1, 0.15) is 6.42 Å². The van der Waals surface area contributed by atoms with Crippen molar-refractivity contribution in [3.63, 3.8) is 0 Å². The molecular formula is C18H25F3N2O2. The van der Waals surface area contributed by atoms with Crippen LogP contribution >= 0.6 is 0 Å². The molecule has 0 radical (unpaired) electrons. The van der Waals surface area contributed by atoms with Crippen molar-refractivity contribution in [1.82, 2.24) is 9.80 Å². The fourth-order valence-electron chi connectivity index (χ4n) is 6.15. The highest BCUT2D eigenvalue weighted by atomic mass is 19.4. The summed E-state index contributed by atoms with van der Waals surface area (Å²) >= 11 is 0. The summed E-state index contributed by atoms with van der Waals surface area (Å²) < 4.78 is 37.1. The summed E-state index contributed by atoms with van der Waals surface area (Å²) in [5, 5.41) is 0. The Morgan fingerprint density at radius 1 is 0.840 bits per heavy atom. The van der Waals surface area contributed by atoms with Crippen LogP contribution in [-0.2, 0) is 9.59 Å². The summed E-state index contributed by atoms with van der Waals surface area (Å²) in [6.45, 7) is 1.16. The molecule has 7 heteroatoms. The molecule has 0 spiro atoms. The van der Waals surface area contributed by atoms with Crippen LogP contribution in [0.3, 0.4) is 0 Å². The Kier molecular flexibility index (Phi) is 4.03. The van der Waals surface area contributed by atoms with E-state index >= 15 is 0 Å². The third-order valence-corrected chi connectivity index (χ3v) is 6.76. The first-order chi connectivity index (χ1) is 11.7. The highest BCUT2D eigenvalue weighted by Gasteiger charge is 2.55. The lowest BCUT2D eigenvalue weighted by Gasteiger charge is -2.57. The summed E-state index contributed by atoms with van der Waals surface area (Å²) in [6, 6.07) is 0. The van der Waals surface area contributed by atoms with Crippen molar-refractivity contribution >= 4 is 11.8 Å². The summed E-state index contributed by atoms with van der Waals surface area (Å²) in [6.07, 6.45) is 0.908. The van der Waals surface area contributed by atoms with E-state index in [1.165, 1.54) is 24.2 Å². The van der Waals surface area contributed by atoms with E-state index in [9.17, 15) is 22.8 Å². The Morgan fingerprint density at radius 2 is 1.28 bits per heavy atom.